The van der Waals surface area contributed by atoms with Crippen LogP contribution in [0.3, 0.4) is 0 Å². The zero-order valence-corrected chi connectivity index (χ0v) is 12.8. The number of aromatic carboxylic acids is 1. The molecule has 4 heteroatoms. The summed E-state index contributed by atoms with van der Waals surface area (Å²) in [5.41, 5.74) is 2.09. The number of hydrogen-bond donors (Lipinski definition) is 2. The fourth-order valence-electron chi connectivity index (χ4n) is 3.14. The first-order valence-electron chi connectivity index (χ1n) is 7.29. The molecule has 1 atom stereocenters. The number of anilines is 1. The van der Waals surface area contributed by atoms with Gasteiger partial charge in [0.25, 0.3) is 0 Å². The number of hydrogen-bond acceptors (Lipinski definition) is 3. The molecule has 1 aromatic rings. The number of nitrogens with zero attached hydrogens (tertiary/aromatic N) is 1. The van der Waals surface area contributed by atoms with Gasteiger partial charge in [-0.15, -0.1) is 0 Å². The van der Waals surface area contributed by atoms with E-state index in [2.05, 4.69) is 24.1 Å². The van der Waals surface area contributed by atoms with Gasteiger partial charge in [0.2, 0.25) is 0 Å². The fourth-order valence-corrected chi connectivity index (χ4v) is 3.14. The predicted molar refractivity (Wildman–Crippen MR) is 80.3 cm³/mol. The molecule has 1 aliphatic carbocycles. The molecule has 1 aliphatic rings. The summed E-state index contributed by atoms with van der Waals surface area (Å²) < 4.78 is 0. The van der Waals surface area contributed by atoms with Gasteiger partial charge in [0, 0.05) is 11.7 Å². The molecule has 1 heterocycles. The van der Waals surface area contributed by atoms with Crippen LogP contribution in [0.2, 0.25) is 0 Å². The van der Waals surface area contributed by atoms with Crippen LogP contribution < -0.4 is 5.32 Å². The van der Waals surface area contributed by atoms with Crippen LogP contribution >= 0.6 is 0 Å². The lowest BCUT2D eigenvalue weighted by atomic mass is 9.73. The molecule has 1 unspecified atom stereocenters. The monoisotopic (exact) mass is 276 g/mol. The quantitative estimate of drug-likeness (QED) is 0.882. The second-order valence-corrected chi connectivity index (χ2v) is 6.54. The molecule has 0 radical (unpaired) electrons. The molecule has 1 aromatic heterocycles. The summed E-state index contributed by atoms with van der Waals surface area (Å²) in [4.78, 5) is 15.9. The smallest absolute Gasteiger partial charge is 0.339 e. The Morgan fingerprint density at radius 2 is 2.10 bits per heavy atom. The van der Waals surface area contributed by atoms with Crippen molar-refractivity contribution in [1.29, 1.82) is 0 Å². The van der Waals surface area contributed by atoms with Crippen LogP contribution in [0.1, 0.15) is 61.1 Å². The van der Waals surface area contributed by atoms with Crippen molar-refractivity contribution in [2.75, 3.05) is 5.32 Å². The zero-order chi connectivity index (χ0) is 14.9. The number of aryl methyl sites for hydroxylation is 2. The highest BCUT2D eigenvalue weighted by Gasteiger charge is 2.33. The van der Waals surface area contributed by atoms with Crippen LogP contribution in [0.25, 0.3) is 0 Å². The molecule has 0 spiro atoms. The molecule has 0 aliphatic heterocycles. The van der Waals surface area contributed by atoms with E-state index < -0.39 is 5.97 Å². The third-order valence-corrected chi connectivity index (χ3v) is 4.38. The number of carbonyl (C=O) groups is 1. The SMILES string of the molecule is Cc1cc(C)c(C(=O)O)c(NC2CCCCC2(C)C)n1. The first-order valence-corrected chi connectivity index (χ1v) is 7.29. The number of carboxylic acid groups (broad SMARTS) is 1. The number of nitrogens with one attached hydrogen (secondary N) is 1. The van der Waals surface area contributed by atoms with Gasteiger partial charge >= 0.3 is 5.97 Å². The average Bonchev–Trinajstić information content (AvgIpc) is 2.30. The lowest BCUT2D eigenvalue weighted by molar-refractivity contribution is 0.0696. The molecule has 4 nitrogen and oxygen atoms in total. The summed E-state index contributed by atoms with van der Waals surface area (Å²) in [7, 11) is 0. The van der Waals surface area contributed by atoms with Gasteiger partial charge in [0.05, 0.1) is 0 Å². The van der Waals surface area contributed by atoms with Gasteiger partial charge in [-0.05, 0) is 43.7 Å². The van der Waals surface area contributed by atoms with Crippen molar-refractivity contribution in [2.24, 2.45) is 5.41 Å². The molecule has 1 saturated carbocycles. The van der Waals surface area contributed by atoms with Crippen molar-refractivity contribution in [3.05, 3.63) is 22.9 Å². The van der Waals surface area contributed by atoms with Crippen molar-refractivity contribution in [3.8, 4) is 0 Å². The molecule has 0 aromatic carbocycles. The van der Waals surface area contributed by atoms with E-state index in [0.29, 0.717) is 11.4 Å². The molecular formula is C16H24N2O2. The van der Waals surface area contributed by atoms with Crippen molar-refractivity contribution in [2.45, 2.75) is 59.4 Å². The Morgan fingerprint density at radius 1 is 1.40 bits per heavy atom. The van der Waals surface area contributed by atoms with E-state index in [4.69, 9.17) is 0 Å². The second kappa shape index (κ2) is 5.43. The lowest BCUT2D eigenvalue weighted by Gasteiger charge is -2.39. The summed E-state index contributed by atoms with van der Waals surface area (Å²) >= 11 is 0. The maximum absolute atomic E-state index is 11.5. The van der Waals surface area contributed by atoms with Crippen molar-refractivity contribution in [3.63, 3.8) is 0 Å². The van der Waals surface area contributed by atoms with Gasteiger partial charge in [-0.3, -0.25) is 0 Å². The van der Waals surface area contributed by atoms with Crippen molar-refractivity contribution >= 4 is 11.8 Å². The molecule has 2 rings (SSSR count). The number of carboxylic acids is 1. The Morgan fingerprint density at radius 3 is 2.70 bits per heavy atom. The van der Waals surface area contributed by atoms with Crippen LogP contribution in [0.15, 0.2) is 6.07 Å². The van der Waals surface area contributed by atoms with Gasteiger partial charge in [0.1, 0.15) is 11.4 Å². The average molecular weight is 276 g/mol. The van der Waals surface area contributed by atoms with E-state index in [1.54, 1.807) is 0 Å². The van der Waals surface area contributed by atoms with Gasteiger partial charge < -0.3 is 10.4 Å². The molecule has 110 valence electrons. The summed E-state index contributed by atoms with van der Waals surface area (Å²) in [5.74, 6) is -0.388. The van der Waals surface area contributed by atoms with Crippen molar-refractivity contribution in [1.82, 2.24) is 4.98 Å². The first kappa shape index (κ1) is 14.8. The van der Waals surface area contributed by atoms with E-state index in [1.807, 2.05) is 19.9 Å². The number of pyridine rings is 1. The first-order chi connectivity index (χ1) is 9.31. The molecule has 0 bridgehead atoms. The van der Waals surface area contributed by atoms with Crippen LogP contribution in [0, 0.1) is 19.3 Å². The van der Waals surface area contributed by atoms with E-state index in [0.717, 1.165) is 24.1 Å². The minimum Gasteiger partial charge on any atom is -0.478 e. The minimum atomic E-state index is -0.911. The van der Waals surface area contributed by atoms with E-state index >= 15 is 0 Å². The Labute approximate surface area is 120 Å². The number of rotatable bonds is 3. The van der Waals surface area contributed by atoms with Crippen molar-refractivity contribution < 1.29 is 9.90 Å². The third kappa shape index (κ3) is 2.94. The second-order valence-electron chi connectivity index (χ2n) is 6.54. The summed E-state index contributed by atoms with van der Waals surface area (Å²) in [6.45, 7) is 8.21. The summed E-state index contributed by atoms with van der Waals surface area (Å²) in [6, 6.07) is 2.10. The van der Waals surface area contributed by atoms with Gasteiger partial charge in [-0.2, -0.15) is 0 Å². The summed E-state index contributed by atoms with van der Waals surface area (Å²) in [5, 5.41) is 12.8. The highest BCUT2D eigenvalue weighted by atomic mass is 16.4. The molecule has 0 amide bonds. The highest BCUT2D eigenvalue weighted by Crippen LogP contribution is 2.37. The largest absolute Gasteiger partial charge is 0.478 e. The highest BCUT2D eigenvalue weighted by molar-refractivity contribution is 5.94. The Bertz CT molecular complexity index is 523. The zero-order valence-electron chi connectivity index (χ0n) is 12.8. The Kier molecular flexibility index (Phi) is 4.02. The topological polar surface area (TPSA) is 62.2 Å². The fraction of sp³-hybridized carbons (Fsp3) is 0.625. The van der Waals surface area contributed by atoms with Crippen LogP contribution in [-0.4, -0.2) is 22.1 Å². The Balaban J connectivity index is 2.35. The normalized spacial score (nSPS) is 21.5. The van der Waals surface area contributed by atoms with E-state index in [-0.39, 0.29) is 11.5 Å². The third-order valence-electron chi connectivity index (χ3n) is 4.38. The molecular weight excluding hydrogens is 252 g/mol. The van der Waals surface area contributed by atoms with Gasteiger partial charge in [0.15, 0.2) is 0 Å². The van der Waals surface area contributed by atoms with Gasteiger partial charge in [-0.1, -0.05) is 26.7 Å². The standard InChI is InChI=1S/C16H24N2O2/c1-10-9-11(2)17-14(13(10)15(19)20)18-12-7-5-6-8-16(12,3)4/h9,12H,5-8H2,1-4H3,(H,17,18)(H,19,20). The maximum atomic E-state index is 11.5. The van der Waals surface area contributed by atoms with Crippen LogP contribution in [-0.2, 0) is 0 Å². The Hall–Kier alpha value is -1.58. The van der Waals surface area contributed by atoms with Crippen LogP contribution in [0.4, 0.5) is 5.82 Å². The molecule has 20 heavy (non-hydrogen) atoms. The molecule has 2 N–H and O–H groups in total. The predicted octanol–water partition coefficient (Wildman–Crippen LogP) is 3.78. The summed E-state index contributed by atoms with van der Waals surface area (Å²) in [6.07, 6.45) is 4.67. The van der Waals surface area contributed by atoms with Gasteiger partial charge in [-0.25, -0.2) is 9.78 Å². The van der Waals surface area contributed by atoms with E-state index in [1.165, 1.54) is 12.8 Å². The minimum absolute atomic E-state index is 0.174. The number of aromatic nitrogens is 1. The molecule has 1 fully saturated rings. The lowest BCUT2D eigenvalue weighted by Crippen LogP contribution is -2.39. The van der Waals surface area contributed by atoms with Crippen LogP contribution in [0.5, 0.6) is 0 Å². The molecule has 0 saturated heterocycles. The van der Waals surface area contributed by atoms with E-state index in [9.17, 15) is 9.90 Å². The maximum Gasteiger partial charge on any atom is 0.339 e.